The van der Waals surface area contributed by atoms with E-state index in [9.17, 15) is 14.7 Å². The third-order valence-corrected chi connectivity index (χ3v) is 13.2. The molecule has 4 aliphatic rings. The van der Waals surface area contributed by atoms with E-state index >= 15 is 0 Å². The van der Waals surface area contributed by atoms with Gasteiger partial charge in [-0.2, -0.15) is 10.2 Å². The molecule has 1 N–H and O–H groups in total. The van der Waals surface area contributed by atoms with Gasteiger partial charge in [0.05, 0.1) is 53.1 Å². The lowest BCUT2D eigenvalue weighted by Gasteiger charge is -2.21. The van der Waals surface area contributed by atoms with Crippen molar-refractivity contribution < 1.29 is 19.4 Å². The zero-order valence-electron chi connectivity index (χ0n) is 34.3. The Morgan fingerprint density at radius 3 is 1.51 bits per heavy atom. The standard InChI is InChI=1S/C25H29N3O2.C24H27N3O2/c1-30-25(29)22-13-20(19-8-9-19)14-26-23(22)12-18-7-10-24-21(11-18)15-27-28(24)16-17-5-3-2-4-6-17;28-24(29)21-12-19(18-7-8-18)13-25-22(21)11-17-6-9-23-20(10-17)14-26-27(23)15-16-4-2-1-3-5-16/h7,10-11,13-15,17,19H,2-6,8-9,12,16H2,1H3;6,9-10,12-14,16,18H,1-5,7-8,11,15H2,(H,28,29). The van der Waals surface area contributed by atoms with E-state index in [2.05, 4.69) is 65.9 Å². The molecular weight excluding hydrogens is 737 g/mol. The van der Waals surface area contributed by atoms with Gasteiger partial charge in [-0.05, 0) is 134 Å². The summed E-state index contributed by atoms with van der Waals surface area (Å²) in [5.41, 5.74) is 9.11. The van der Waals surface area contributed by atoms with E-state index in [1.54, 1.807) is 0 Å². The highest BCUT2D eigenvalue weighted by atomic mass is 16.5. The van der Waals surface area contributed by atoms with Gasteiger partial charge in [-0.25, -0.2) is 9.59 Å². The van der Waals surface area contributed by atoms with Gasteiger partial charge in [-0.3, -0.25) is 19.3 Å². The molecule has 10 nitrogen and oxygen atoms in total. The number of esters is 1. The first-order chi connectivity index (χ1) is 28.9. The molecule has 306 valence electrons. The molecule has 2 aromatic carbocycles. The summed E-state index contributed by atoms with van der Waals surface area (Å²) in [7, 11) is 1.43. The Labute approximate surface area is 346 Å². The molecule has 0 unspecified atom stereocenters. The van der Waals surface area contributed by atoms with Crippen LogP contribution in [0.4, 0.5) is 0 Å². The molecule has 59 heavy (non-hydrogen) atoms. The van der Waals surface area contributed by atoms with Crippen LogP contribution in [0.5, 0.6) is 0 Å². The van der Waals surface area contributed by atoms with Crippen LogP contribution in [0.15, 0.2) is 73.3 Å². The van der Waals surface area contributed by atoms with Crippen molar-refractivity contribution >= 4 is 33.7 Å². The van der Waals surface area contributed by atoms with E-state index in [0.29, 0.717) is 41.5 Å². The summed E-state index contributed by atoms with van der Waals surface area (Å²) in [6, 6.07) is 16.6. The monoisotopic (exact) mass is 792 g/mol. The number of ether oxygens (including phenoxy) is 1. The fourth-order valence-corrected chi connectivity index (χ4v) is 9.45. The van der Waals surface area contributed by atoms with E-state index in [0.717, 1.165) is 82.0 Å². The molecule has 4 saturated carbocycles. The molecule has 0 spiro atoms. The van der Waals surface area contributed by atoms with Crippen LogP contribution in [0.2, 0.25) is 0 Å². The highest BCUT2D eigenvalue weighted by Crippen LogP contribution is 2.41. The van der Waals surface area contributed by atoms with Crippen LogP contribution in [0.25, 0.3) is 21.8 Å². The molecule has 0 bridgehead atoms. The normalized spacial score (nSPS) is 17.5. The molecule has 4 aliphatic carbocycles. The van der Waals surface area contributed by atoms with Crippen molar-refractivity contribution in [3.63, 3.8) is 0 Å². The van der Waals surface area contributed by atoms with Gasteiger partial charge in [-0.15, -0.1) is 0 Å². The van der Waals surface area contributed by atoms with E-state index in [4.69, 9.17) is 4.74 Å². The maximum absolute atomic E-state index is 12.3. The minimum Gasteiger partial charge on any atom is -0.478 e. The number of methoxy groups -OCH3 is 1. The second-order valence-electron chi connectivity index (χ2n) is 17.7. The molecule has 4 fully saturated rings. The topological polar surface area (TPSA) is 125 Å². The van der Waals surface area contributed by atoms with Gasteiger partial charge in [0.25, 0.3) is 0 Å². The predicted molar refractivity (Wildman–Crippen MR) is 229 cm³/mol. The van der Waals surface area contributed by atoms with Gasteiger partial charge >= 0.3 is 11.9 Å². The molecule has 0 amide bonds. The average Bonchev–Trinajstić information content (AvgIpc) is 4.21. The number of pyridine rings is 2. The van der Waals surface area contributed by atoms with Crippen molar-refractivity contribution in [2.24, 2.45) is 11.8 Å². The Morgan fingerprint density at radius 1 is 0.610 bits per heavy atom. The summed E-state index contributed by atoms with van der Waals surface area (Å²) in [5, 5.41) is 21.2. The zero-order chi connectivity index (χ0) is 40.3. The smallest absolute Gasteiger partial charge is 0.339 e. The maximum atomic E-state index is 12.3. The van der Waals surface area contributed by atoms with Gasteiger partial charge in [0.15, 0.2) is 0 Å². The fraction of sp³-hybridized carbons (Fsp3) is 0.469. The second-order valence-corrected chi connectivity index (χ2v) is 17.7. The molecule has 4 heterocycles. The summed E-state index contributed by atoms with van der Waals surface area (Å²) in [5.74, 6) is 1.34. The van der Waals surface area contributed by atoms with Crippen molar-refractivity contribution in [1.82, 2.24) is 29.5 Å². The SMILES string of the molecule is COC(=O)c1cc(C2CC2)cnc1Cc1ccc2c(cnn2CC2CCCCC2)c1.O=C(O)c1cc(C2CC2)cnc1Cc1ccc2c(cnn2CC2CCCCC2)c1. The van der Waals surface area contributed by atoms with Crippen molar-refractivity contribution in [2.75, 3.05) is 7.11 Å². The molecule has 0 saturated heterocycles. The minimum absolute atomic E-state index is 0.304. The largest absolute Gasteiger partial charge is 0.478 e. The lowest BCUT2D eigenvalue weighted by molar-refractivity contribution is 0.0598. The second kappa shape index (κ2) is 17.5. The lowest BCUT2D eigenvalue weighted by Crippen LogP contribution is -2.14. The van der Waals surface area contributed by atoms with Crippen molar-refractivity contribution in [1.29, 1.82) is 0 Å². The molecular formula is C49H56N6O4. The summed E-state index contributed by atoms with van der Waals surface area (Å²) in [4.78, 5) is 33.3. The van der Waals surface area contributed by atoms with Crippen molar-refractivity contribution in [3.05, 3.63) is 118 Å². The number of fused-ring (bicyclic) bond motifs is 2. The predicted octanol–water partition coefficient (Wildman–Crippen LogP) is 10.4. The van der Waals surface area contributed by atoms with Crippen molar-refractivity contribution in [3.8, 4) is 0 Å². The van der Waals surface area contributed by atoms with E-state index < -0.39 is 5.97 Å². The number of carboxylic acids is 1. The molecule has 0 radical (unpaired) electrons. The number of aromatic nitrogens is 6. The molecule has 6 aromatic rings. The first-order valence-corrected chi connectivity index (χ1v) is 22.1. The fourth-order valence-electron chi connectivity index (χ4n) is 9.45. The number of benzene rings is 2. The van der Waals surface area contributed by atoms with Crippen LogP contribution >= 0.6 is 0 Å². The van der Waals surface area contributed by atoms with Crippen LogP contribution in [-0.4, -0.2) is 53.7 Å². The third kappa shape index (κ3) is 9.27. The molecule has 0 aliphatic heterocycles. The molecule has 10 heteroatoms. The van der Waals surface area contributed by atoms with Crippen LogP contribution in [-0.2, 0) is 30.7 Å². The van der Waals surface area contributed by atoms with Crippen LogP contribution < -0.4 is 0 Å². The Balaban J connectivity index is 0.000000152. The number of hydrogen-bond donors (Lipinski definition) is 1. The number of hydrogen-bond acceptors (Lipinski definition) is 7. The number of carboxylic acid groups (broad SMARTS) is 1. The van der Waals surface area contributed by atoms with E-state index in [-0.39, 0.29) is 5.97 Å². The van der Waals surface area contributed by atoms with Crippen LogP contribution in [0.3, 0.4) is 0 Å². The summed E-state index contributed by atoms with van der Waals surface area (Å²) < 4.78 is 9.33. The van der Waals surface area contributed by atoms with Gasteiger partial charge in [0.1, 0.15) is 0 Å². The van der Waals surface area contributed by atoms with Crippen LogP contribution in [0, 0.1) is 11.8 Å². The molecule has 10 rings (SSSR count). The Bertz CT molecular complexity index is 2450. The minimum atomic E-state index is -0.892. The van der Waals surface area contributed by atoms with E-state index in [1.807, 2.05) is 36.9 Å². The summed E-state index contributed by atoms with van der Waals surface area (Å²) in [6.45, 7) is 2.01. The van der Waals surface area contributed by atoms with Crippen LogP contribution in [0.1, 0.15) is 156 Å². The van der Waals surface area contributed by atoms with Crippen molar-refractivity contribution in [2.45, 2.75) is 128 Å². The Hall–Kier alpha value is -5.38. The number of aromatic carboxylic acids is 1. The number of rotatable bonds is 12. The maximum Gasteiger partial charge on any atom is 0.339 e. The first-order valence-electron chi connectivity index (χ1n) is 22.1. The Kier molecular flexibility index (Phi) is 11.6. The quantitative estimate of drug-likeness (QED) is 0.121. The number of carbonyl (C=O) groups is 2. The van der Waals surface area contributed by atoms with Gasteiger partial charge in [0.2, 0.25) is 0 Å². The highest BCUT2D eigenvalue weighted by Gasteiger charge is 2.27. The van der Waals surface area contributed by atoms with Gasteiger partial charge in [0, 0.05) is 49.1 Å². The lowest BCUT2D eigenvalue weighted by atomic mass is 9.89. The van der Waals surface area contributed by atoms with Gasteiger partial charge in [-0.1, -0.05) is 50.7 Å². The number of nitrogens with zero attached hydrogens (tertiary/aromatic N) is 6. The van der Waals surface area contributed by atoms with E-state index in [1.165, 1.54) is 89.7 Å². The van der Waals surface area contributed by atoms with Gasteiger partial charge < -0.3 is 9.84 Å². The highest BCUT2D eigenvalue weighted by molar-refractivity contribution is 5.91. The summed E-state index contributed by atoms with van der Waals surface area (Å²) >= 11 is 0. The zero-order valence-corrected chi connectivity index (χ0v) is 34.3. The molecule has 0 atom stereocenters. The molecule has 4 aromatic heterocycles. The number of carbonyl (C=O) groups excluding carboxylic acids is 1. The summed E-state index contributed by atoms with van der Waals surface area (Å²) in [6.07, 6.45) is 26.8. The average molecular weight is 793 g/mol. The third-order valence-electron chi connectivity index (χ3n) is 13.2. The Morgan fingerprint density at radius 2 is 1.07 bits per heavy atom. The first kappa shape index (κ1) is 39.1.